The molecule has 0 aliphatic heterocycles. The summed E-state index contributed by atoms with van der Waals surface area (Å²) >= 11 is 1.27. The fourth-order valence-electron chi connectivity index (χ4n) is 1.29. The summed E-state index contributed by atoms with van der Waals surface area (Å²) < 4.78 is 13.7. The predicted octanol–water partition coefficient (Wildman–Crippen LogP) is 3.24. The summed E-state index contributed by atoms with van der Waals surface area (Å²) in [5.41, 5.74) is 0.611. The minimum atomic E-state index is -0.255. The van der Waals surface area contributed by atoms with Crippen LogP contribution in [0.25, 0.3) is 10.1 Å². The summed E-state index contributed by atoms with van der Waals surface area (Å²) in [6, 6.07) is 4.80. The zero-order chi connectivity index (χ0) is 9.42. The molecule has 66 valence electrons. The topological polar surface area (TPSA) is 17.1 Å². The van der Waals surface area contributed by atoms with Gasteiger partial charge < -0.3 is 0 Å². The van der Waals surface area contributed by atoms with Crippen molar-refractivity contribution in [1.82, 2.24) is 0 Å². The first-order valence-corrected chi connectivity index (χ1v) is 4.75. The van der Waals surface area contributed by atoms with E-state index in [0.29, 0.717) is 10.3 Å². The molecule has 0 bridgehead atoms. The Morgan fingerprint density at radius 2 is 2.23 bits per heavy atom. The monoisotopic (exact) mass is 194 g/mol. The van der Waals surface area contributed by atoms with Crippen molar-refractivity contribution in [2.45, 2.75) is 6.92 Å². The van der Waals surface area contributed by atoms with E-state index in [1.807, 2.05) is 0 Å². The molecule has 0 unspecified atom stereocenters. The highest BCUT2D eigenvalue weighted by molar-refractivity contribution is 7.17. The molecule has 0 amide bonds. The van der Waals surface area contributed by atoms with Crippen LogP contribution in [0, 0.1) is 5.82 Å². The Labute approximate surface area is 78.8 Å². The van der Waals surface area contributed by atoms with Gasteiger partial charge in [0.2, 0.25) is 0 Å². The molecule has 2 aromatic rings. The van der Waals surface area contributed by atoms with Crippen LogP contribution in [0.1, 0.15) is 17.3 Å². The van der Waals surface area contributed by atoms with Gasteiger partial charge in [-0.2, -0.15) is 0 Å². The quantitative estimate of drug-likeness (QED) is 0.637. The molecule has 0 radical (unpaired) electrons. The third kappa shape index (κ3) is 1.25. The second-order valence-electron chi connectivity index (χ2n) is 2.82. The third-order valence-corrected chi connectivity index (χ3v) is 2.94. The molecule has 0 N–H and O–H groups in total. The van der Waals surface area contributed by atoms with E-state index in [1.54, 1.807) is 17.5 Å². The van der Waals surface area contributed by atoms with Gasteiger partial charge in [-0.3, -0.25) is 4.79 Å². The van der Waals surface area contributed by atoms with Crippen LogP contribution in [-0.2, 0) is 0 Å². The number of rotatable bonds is 1. The van der Waals surface area contributed by atoms with Gasteiger partial charge in [0.05, 0.1) is 4.70 Å². The maximum atomic E-state index is 13.2. The maximum absolute atomic E-state index is 13.2. The van der Waals surface area contributed by atoms with Gasteiger partial charge in [-0.05, 0) is 13.0 Å². The molecule has 1 aromatic heterocycles. The lowest BCUT2D eigenvalue weighted by Gasteiger charge is -1.93. The molecule has 1 heterocycles. The average Bonchev–Trinajstić information content (AvgIpc) is 2.48. The lowest BCUT2D eigenvalue weighted by molar-refractivity contribution is 0.101. The smallest absolute Gasteiger partial charge is 0.161 e. The number of Topliss-reactive ketones (excluding diaryl/α,β-unsaturated/α-hetero) is 1. The Morgan fingerprint density at radius 3 is 2.92 bits per heavy atom. The van der Waals surface area contributed by atoms with E-state index in [2.05, 4.69) is 0 Å². The number of ketones is 1. The van der Waals surface area contributed by atoms with Crippen molar-refractivity contribution < 1.29 is 9.18 Å². The Balaban J connectivity index is 2.83. The van der Waals surface area contributed by atoms with Gasteiger partial charge in [-0.25, -0.2) is 4.39 Å². The molecule has 2 rings (SSSR count). The van der Waals surface area contributed by atoms with Crippen LogP contribution in [0.3, 0.4) is 0 Å². The van der Waals surface area contributed by atoms with Gasteiger partial charge in [0.1, 0.15) is 5.82 Å². The van der Waals surface area contributed by atoms with E-state index in [4.69, 9.17) is 0 Å². The van der Waals surface area contributed by atoms with Gasteiger partial charge in [0.25, 0.3) is 0 Å². The van der Waals surface area contributed by atoms with Crippen LogP contribution in [-0.4, -0.2) is 5.78 Å². The molecule has 1 aromatic carbocycles. The second-order valence-corrected chi connectivity index (χ2v) is 3.70. The number of thiophene rings is 1. The Hall–Kier alpha value is -1.22. The summed E-state index contributed by atoms with van der Waals surface area (Å²) in [4.78, 5) is 11.1. The molecule has 3 heteroatoms. The molecule has 13 heavy (non-hydrogen) atoms. The SMILES string of the molecule is CC(=O)c1csc2c(F)cccc12. The van der Waals surface area contributed by atoms with E-state index in [1.165, 1.54) is 24.3 Å². The first kappa shape index (κ1) is 8.38. The first-order valence-electron chi connectivity index (χ1n) is 3.87. The fourth-order valence-corrected chi connectivity index (χ4v) is 2.31. The zero-order valence-corrected chi connectivity index (χ0v) is 7.82. The third-order valence-electron chi connectivity index (χ3n) is 1.93. The number of halogens is 1. The van der Waals surface area contributed by atoms with E-state index in [9.17, 15) is 9.18 Å². The molecule has 0 saturated carbocycles. The number of carbonyl (C=O) groups is 1. The average molecular weight is 194 g/mol. The van der Waals surface area contributed by atoms with Crippen LogP contribution < -0.4 is 0 Å². The fraction of sp³-hybridized carbons (Fsp3) is 0.100. The Morgan fingerprint density at radius 1 is 1.46 bits per heavy atom. The molecular formula is C10H7FOS. The summed E-state index contributed by atoms with van der Waals surface area (Å²) in [6.45, 7) is 1.49. The first-order chi connectivity index (χ1) is 6.20. The largest absolute Gasteiger partial charge is 0.294 e. The summed E-state index contributed by atoms with van der Waals surface area (Å²) in [6.07, 6.45) is 0. The minimum absolute atomic E-state index is 0.0168. The lowest BCUT2D eigenvalue weighted by atomic mass is 10.1. The van der Waals surface area contributed by atoms with Gasteiger partial charge in [0, 0.05) is 16.3 Å². The summed E-state index contributed by atoms with van der Waals surface area (Å²) in [7, 11) is 0. The number of carbonyl (C=O) groups excluding carboxylic acids is 1. The number of hydrogen-bond donors (Lipinski definition) is 0. The van der Waals surface area contributed by atoms with Crippen molar-refractivity contribution in [3.63, 3.8) is 0 Å². The molecule has 0 saturated heterocycles. The molecule has 0 aliphatic rings. The number of hydrogen-bond acceptors (Lipinski definition) is 2. The molecule has 0 spiro atoms. The molecule has 0 atom stereocenters. The van der Waals surface area contributed by atoms with Crippen molar-refractivity contribution in [2.75, 3.05) is 0 Å². The summed E-state index contributed by atoms with van der Waals surface area (Å²) in [5.74, 6) is -0.271. The predicted molar refractivity (Wildman–Crippen MR) is 51.8 cm³/mol. The van der Waals surface area contributed by atoms with E-state index < -0.39 is 0 Å². The van der Waals surface area contributed by atoms with E-state index in [-0.39, 0.29) is 11.6 Å². The van der Waals surface area contributed by atoms with Crippen molar-refractivity contribution >= 4 is 27.2 Å². The molecular weight excluding hydrogens is 187 g/mol. The lowest BCUT2D eigenvalue weighted by Crippen LogP contribution is -1.88. The molecule has 1 nitrogen and oxygen atoms in total. The van der Waals surface area contributed by atoms with Gasteiger partial charge >= 0.3 is 0 Å². The standard InChI is InChI=1S/C10H7FOS/c1-6(12)8-5-13-10-7(8)3-2-4-9(10)11/h2-5H,1H3. The highest BCUT2D eigenvalue weighted by Gasteiger charge is 2.09. The Kier molecular flexibility index (Phi) is 1.88. The van der Waals surface area contributed by atoms with Crippen molar-refractivity contribution in [3.05, 3.63) is 35.0 Å². The van der Waals surface area contributed by atoms with Crippen LogP contribution in [0.15, 0.2) is 23.6 Å². The van der Waals surface area contributed by atoms with Crippen LogP contribution in [0.2, 0.25) is 0 Å². The normalized spacial score (nSPS) is 10.6. The van der Waals surface area contributed by atoms with Crippen LogP contribution in [0.5, 0.6) is 0 Å². The molecule has 0 fully saturated rings. The minimum Gasteiger partial charge on any atom is -0.294 e. The summed E-state index contributed by atoms with van der Waals surface area (Å²) in [5, 5.41) is 2.42. The van der Waals surface area contributed by atoms with E-state index in [0.717, 1.165) is 5.39 Å². The van der Waals surface area contributed by atoms with E-state index >= 15 is 0 Å². The van der Waals surface area contributed by atoms with Gasteiger partial charge in [-0.15, -0.1) is 11.3 Å². The number of fused-ring (bicyclic) bond motifs is 1. The highest BCUT2D eigenvalue weighted by Crippen LogP contribution is 2.28. The zero-order valence-electron chi connectivity index (χ0n) is 7.00. The van der Waals surface area contributed by atoms with Crippen molar-refractivity contribution in [3.8, 4) is 0 Å². The van der Waals surface area contributed by atoms with Crippen LogP contribution in [0.4, 0.5) is 4.39 Å². The number of benzene rings is 1. The molecule has 0 aliphatic carbocycles. The van der Waals surface area contributed by atoms with Gasteiger partial charge in [0.15, 0.2) is 5.78 Å². The highest BCUT2D eigenvalue weighted by atomic mass is 32.1. The van der Waals surface area contributed by atoms with Crippen LogP contribution >= 0.6 is 11.3 Å². The van der Waals surface area contributed by atoms with Crippen molar-refractivity contribution in [2.24, 2.45) is 0 Å². The second kappa shape index (κ2) is 2.92. The Bertz CT molecular complexity index is 473. The van der Waals surface area contributed by atoms with Gasteiger partial charge in [-0.1, -0.05) is 12.1 Å². The maximum Gasteiger partial charge on any atom is 0.161 e. The van der Waals surface area contributed by atoms with Crippen molar-refractivity contribution in [1.29, 1.82) is 0 Å².